The number of halogens is 1. The number of nitrogens with one attached hydrogen (secondary N) is 1. The van der Waals surface area contributed by atoms with Crippen LogP contribution in [-0.2, 0) is 26.0 Å². The fraction of sp³-hybridized carbons (Fsp3) is 0.333. The summed E-state index contributed by atoms with van der Waals surface area (Å²) >= 11 is 5.88. The largest absolute Gasteiger partial charge is 0.324 e. The summed E-state index contributed by atoms with van der Waals surface area (Å²) in [6.45, 7) is 2.43. The number of anilines is 2. The molecule has 1 saturated heterocycles. The van der Waals surface area contributed by atoms with Gasteiger partial charge in [-0.05, 0) is 60.9 Å². The molecule has 0 aromatic heterocycles. The van der Waals surface area contributed by atoms with Crippen LogP contribution < -0.4 is 10.2 Å². The Morgan fingerprint density at radius 2 is 1.73 bits per heavy atom. The molecule has 2 aromatic carbocycles. The Hall–Kier alpha value is -2.42. The Morgan fingerprint density at radius 3 is 2.37 bits per heavy atom. The van der Waals surface area contributed by atoms with E-state index in [0.717, 1.165) is 12.8 Å². The Morgan fingerprint density at radius 1 is 1.07 bits per heavy atom. The zero-order chi connectivity index (χ0) is 21.5. The summed E-state index contributed by atoms with van der Waals surface area (Å²) in [6, 6.07) is 10.7. The summed E-state index contributed by atoms with van der Waals surface area (Å²) in [7, 11) is -3.57. The van der Waals surface area contributed by atoms with Crippen LogP contribution in [0.25, 0.3) is 0 Å². The Balaban J connectivity index is 1.61. The standard InChI is InChI=1S/C21H22ClN3O4S/c1-14(26)25-19-9-8-18(30(28,29)24-10-2-3-11-24)12-15(19)13-20(25)21(27)23-17-6-4-16(22)5-7-17/h4-9,12,20H,2-3,10-11,13H2,1H3,(H,23,27)/t20-/m0/s1. The summed E-state index contributed by atoms with van der Waals surface area (Å²) in [6.07, 6.45) is 1.96. The van der Waals surface area contributed by atoms with Gasteiger partial charge in [-0.2, -0.15) is 4.31 Å². The van der Waals surface area contributed by atoms with E-state index in [1.165, 1.54) is 22.2 Å². The van der Waals surface area contributed by atoms with E-state index in [1.54, 1.807) is 36.4 Å². The van der Waals surface area contributed by atoms with Crippen molar-refractivity contribution in [2.24, 2.45) is 0 Å². The van der Waals surface area contributed by atoms with Gasteiger partial charge in [0.05, 0.1) is 4.90 Å². The third kappa shape index (κ3) is 3.82. The predicted octanol–water partition coefficient (Wildman–Crippen LogP) is 3.04. The van der Waals surface area contributed by atoms with E-state index in [1.807, 2.05) is 0 Å². The summed E-state index contributed by atoms with van der Waals surface area (Å²) in [5.41, 5.74) is 1.81. The van der Waals surface area contributed by atoms with Gasteiger partial charge < -0.3 is 5.32 Å². The van der Waals surface area contributed by atoms with E-state index >= 15 is 0 Å². The molecule has 1 N–H and O–H groups in total. The van der Waals surface area contributed by atoms with Crippen LogP contribution in [0.15, 0.2) is 47.4 Å². The van der Waals surface area contributed by atoms with Crippen LogP contribution in [0, 0.1) is 0 Å². The molecule has 0 radical (unpaired) electrons. The van der Waals surface area contributed by atoms with Crippen LogP contribution in [0.4, 0.5) is 11.4 Å². The van der Waals surface area contributed by atoms with E-state index < -0.39 is 16.1 Å². The monoisotopic (exact) mass is 447 g/mol. The van der Waals surface area contributed by atoms with Gasteiger partial charge >= 0.3 is 0 Å². The van der Waals surface area contributed by atoms with E-state index in [-0.39, 0.29) is 23.1 Å². The lowest BCUT2D eigenvalue weighted by molar-refractivity contribution is -0.122. The second kappa shape index (κ2) is 8.02. The third-order valence-electron chi connectivity index (χ3n) is 5.49. The van der Waals surface area contributed by atoms with Crippen molar-refractivity contribution in [3.8, 4) is 0 Å². The van der Waals surface area contributed by atoms with Gasteiger partial charge in [0.15, 0.2) is 0 Å². The Kier molecular flexibility index (Phi) is 5.57. The van der Waals surface area contributed by atoms with Gasteiger partial charge in [0.25, 0.3) is 0 Å². The Labute approximate surface area is 180 Å². The van der Waals surface area contributed by atoms with E-state index in [0.29, 0.717) is 35.1 Å². The summed E-state index contributed by atoms with van der Waals surface area (Å²) in [5, 5.41) is 3.36. The molecular weight excluding hydrogens is 426 g/mol. The molecule has 2 aromatic rings. The maximum Gasteiger partial charge on any atom is 0.247 e. The minimum absolute atomic E-state index is 0.199. The van der Waals surface area contributed by atoms with Crippen molar-refractivity contribution in [2.45, 2.75) is 37.1 Å². The lowest BCUT2D eigenvalue weighted by Crippen LogP contribution is -2.44. The average Bonchev–Trinajstić information content (AvgIpc) is 3.37. The summed E-state index contributed by atoms with van der Waals surface area (Å²) in [4.78, 5) is 26.8. The molecular formula is C21H22ClN3O4S. The van der Waals surface area contributed by atoms with Crippen LogP contribution in [0.2, 0.25) is 5.02 Å². The van der Waals surface area contributed by atoms with Crippen LogP contribution in [-0.4, -0.2) is 43.7 Å². The van der Waals surface area contributed by atoms with Gasteiger partial charge in [-0.1, -0.05) is 11.6 Å². The van der Waals surface area contributed by atoms with Crippen molar-refractivity contribution in [1.29, 1.82) is 0 Å². The number of carbonyl (C=O) groups excluding carboxylic acids is 2. The number of nitrogens with zero attached hydrogens (tertiary/aromatic N) is 2. The molecule has 0 unspecified atom stereocenters. The number of rotatable bonds is 4. The highest BCUT2D eigenvalue weighted by Gasteiger charge is 2.38. The first-order valence-electron chi connectivity index (χ1n) is 9.77. The highest BCUT2D eigenvalue weighted by molar-refractivity contribution is 7.89. The second-order valence-electron chi connectivity index (χ2n) is 7.51. The molecule has 30 heavy (non-hydrogen) atoms. The fourth-order valence-corrected chi connectivity index (χ4v) is 5.72. The molecule has 0 saturated carbocycles. The molecule has 0 aliphatic carbocycles. The lowest BCUT2D eigenvalue weighted by Gasteiger charge is -2.23. The third-order valence-corrected chi connectivity index (χ3v) is 7.64. The van der Waals surface area contributed by atoms with Crippen molar-refractivity contribution in [1.82, 2.24) is 4.31 Å². The van der Waals surface area contributed by atoms with Crippen molar-refractivity contribution in [3.63, 3.8) is 0 Å². The topological polar surface area (TPSA) is 86.8 Å². The molecule has 2 heterocycles. The first-order chi connectivity index (χ1) is 14.3. The molecule has 2 amide bonds. The summed E-state index contributed by atoms with van der Waals surface area (Å²) in [5.74, 6) is -0.618. The van der Waals surface area contributed by atoms with Gasteiger partial charge in [-0.3, -0.25) is 14.5 Å². The molecule has 158 valence electrons. The van der Waals surface area contributed by atoms with Crippen molar-refractivity contribution < 1.29 is 18.0 Å². The lowest BCUT2D eigenvalue weighted by atomic mass is 10.1. The number of hydrogen-bond donors (Lipinski definition) is 1. The van der Waals surface area contributed by atoms with Crippen LogP contribution in [0.3, 0.4) is 0 Å². The van der Waals surface area contributed by atoms with Gasteiger partial charge in [0, 0.05) is 42.8 Å². The minimum atomic E-state index is -3.57. The molecule has 9 heteroatoms. The van der Waals surface area contributed by atoms with Crippen LogP contribution in [0.1, 0.15) is 25.3 Å². The highest BCUT2D eigenvalue weighted by atomic mass is 35.5. The molecule has 0 bridgehead atoms. The zero-order valence-corrected chi connectivity index (χ0v) is 18.0. The summed E-state index contributed by atoms with van der Waals surface area (Å²) < 4.78 is 27.3. The number of hydrogen-bond acceptors (Lipinski definition) is 4. The first-order valence-corrected chi connectivity index (χ1v) is 11.6. The maximum absolute atomic E-state index is 12.9. The number of amides is 2. The molecule has 7 nitrogen and oxygen atoms in total. The first kappa shape index (κ1) is 20.8. The second-order valence-corrected chi connectivity index (χ2v) is 9.88. The van der Waals surface area contributed by atoms with Gasteiger partial charge in [-0.15, -0.1) is 0 Å². The number of carbonyl (C=O) groups is 2. The van der Waals surface area contributed by atoms with Crippen molar-refractivity contribution >= 4 is 44.8 Å². The molecule has 1 fully saturated rings. The van der Waals surface area contributed by atoms with Gasteiger partial charge in [0.1, 0.15) is 6.04 Å². The smallest absolute Gasteiger partial charge is 0.247 e. The Bertz CT molecular complexity index is 1100. The quantitative estimate of drug-likeness (QED) is 0.780. The highest BCUT2D eigenvalue weighted by Crippen LogP contribution is 2.35. The van der Waals surface area contributed by atoms with E-state index in [2.05, 4.69) is 5.32 Å². The van der Waals surface area contributed by atoms with Crippen LogP contribution >= 0.6 is 11.6 Å². The molecule has 2 aliphatic heterocycles. The van der Waals surface area contributed by atoms with E-state index in [4.69, 9.17) is 11.6 Å². The maximum atomic E-state index is 12.9. The van der Waals surface area contributed by atoms with Crippen LogP contribution in [0.5, 0.6) is 0 Å². The molecule has 1 atom stereocenters. The fourth-order valence-electron chi connectivity index (χ4n) is 4.02. The minimum Gasteiger partial charge on any atom is -0.324 e. The average molecular weight is 448 g/mol. The zero-order valence-electron chi connectivity index (χ0n) is 16.5. The normalized spacial score (nSPS) is 19.0. The van der Waals surface area contributed by atoms with Crippen molar-refractivity contribution in [3.05, 3.63) is 53.1 Å². The van der Waals surface area contributed by atoms with Gasteiger partial charge in [0.2, 0.25) is 21.8 Å². The molecule has 4 rings (SSSR count). The number of sulfonamides is 1. The predicted molar refractivity (Wildman–Crippen MR) is 115 cm³/mol. The molecule has 0 spiro atoms. The van der Waals surface area contributed by atoms with Gasteiger partial charge in [-0.25, -0.2) is 8.42 Å². The molecule has 2 aliphatic rings. The number of fused-ring (bicyclic) bond motifs is 1. The number of benzene rings is 2. The SMILES string of the molecule is CC(=O)N1c2ccc(S(=O)(=O)N3CCCC3)cc2C[C@H]1C(=O)Nc1ccc(Cl)cc1. The van der Waals surface area contributed by atoms with E-state index in [9.17, 15) is 18.0 Å². The van der Waals surface area contributed by atoms with Crippen molar-refractivity contribution in [2.75, 3.05) is 23.3 Å².